The lowest BCUT2D eigenvalue weighted by Crippen LogP contribution is -2.29. The molecule has 4 nitrogen and oxygen atoms in total. The van der Waals surface area contributed by atoms with Gasteiger partial charge in [0.25, 0.3) is 0 Å². The van der Waals surface area contributed by atoms with Crippen LogP contribution in [0.25, 0.3) is 10.9 Å². The molecule has 0 amide bonds. The molecular weight excluding hydrogens is 312 g/mol. The SMILES string of the molecule is CCCCCC1CC(=NO)c2c([nH]c3ccc(Cl)cc3c2=O)C1. The third-order valence-corrected chi connectivity index (χ3v) is 4.88. The number of rotatable bonds is 4. The number of aromatic nitrogens is 1. The second-order valence-corrected chi connectivity index (χ2v) is 6.75. The standard InChI is InChI=1S/C18H21ClN2O2/c1-2-3-4-5-11-8-15-17(16(9-11)21-23)18(22)13-10-12(19)6-7-14(13)20-15/h6-7,10-11,23H,2-5,8-9H2,1H3,(H,20,22). The topological polar surface area (TPSA) is 65.5 Å². The maximum Gasteiger partial charge on any atom is 0.198 e. The maximum absolute atomic E-state index is 12.8. The van der Waals surface area contributed by atoms with Gasteiger partial charge in [0.15, 0.2) is 5.43 Å². The molecule has 2 N–H and O–H groups in total. The lowest BCUT2D eigenvalue weighted by atomic mass is 9.82. The maximum atomic E-state index is 12.8. The smallest absolute Gasteiger partial charge is 0.198 e. The van der Waals surface area contributed by atoms with Crippen LogP contribution in [0.1, 0.15) is 50.3 Å². The summed E-state index contributed by atoms with van der Waals surface area (Å²) >= 11 is 6.01. The highest BCUT2D eigenvalue weighted by Crippen LogP contribution is 2.28. The van der Waals surface area contributed by atoms with Crippen LogP contribution in [0.5, 0.6) is 0 Å². The Hall–Kier alpha value is -1.81. The number of nitrogens with one attached hydrogen (secondary N) is 1. The number of hydrogen-bond acceptors (Lipinski definition) is 3. The Morgan fingerprint density at radius 2 is 2.17 bits per heavy atom. The summed E-state index contributed by atoms with van der Waals surface area (Å²) < 4.78 is 0. The van der Waals surface area contributed by atoms with Crippen molar-refractivity contribution in [1.82, 2.24) is 4.98 Å². The largest absolute Gasteiger partial charge is 0.411 e. The Morgan fingerprint density at radius 1 is 1.35 bits per heavy atom. The van der Waals surface area contributed by atoms with Gasteiger partial charge in [-0.1, -0.05) is 42.9 Å². The molecule has 23 heavy (non-hydrogen) atoms. The van der Waals surface area contributed by atoms with Crippen molar-refractivity contribution in [2.75, 3.05) is 0 Å². The van der Waals surface area contributed by atoms with Gasteiger partial charge in [-0.25, -0.2) is 0 Å². The molecule has 1 aliphatic rings. The molecule has 1 aliphatic carbocycles. The van der Waals surface area contributed by atoms with Crippen LogP contribution in [0.2, 0.25) is 5.02 Å². The van der Waals surface area contributed by atoms with E-state index in [2.05, 4.69) is 17.1 Å². The number of nitrogens with zero attached hydrogens (tertiary/aromatic N) is 1. The highest BCUT2D eigenvalue weighted by Gasteiger charge is 2.27. The summed E-state index contributed by atoms with van der Waals surface area (Å²) in [6.45, 7) is 2.19. The van der Waals surface area contributed by atoms with E-state index in [1.165, 1.54) is 19.3 Å². The van der Waals surface area contributed by atoms with Crippen LogP contribution in [0.15, 0.2) is 28.1 Å². The van der Waals surface area contributed by atoms with Crippen molar-refractivity contribution in [3.63, 3.8) is 0 Å². The van der Waals surface area contributed by atoms with Crippen LogP contribution in [-0.2, 0) is 6.42 Å². The van der Waals surface area contributed by atoms with E-state index in [1.807, 2.05) is 6.07 Å². The molecule has 0 saturated heterocycles. The minimum Gasteiger partial charge on any atom is -0.411 e. The number of aromatic amines is 1. The molecule has 0 bridgehead atoms. The van der Waals surface area contributed by atoms with Gasteiger partial charge in [0, 0.05) is 21.6 Å². The normalized spacial score (nSPS) is 19.2. The van der Waals surface area contributed by atoms with E-state index in [9.17, 15) is 10.0 Å². The minimum absolute atomic E-state index is 0.101. The summed E-state index contributed by atoms with van der Waals surface area (Å²) in [6, 6.07) is 5.27. The second kappa shape index (κ2) is 6.75. The van der Waals surface area contributed by atoms with Crippen LogP contribution in [0.3, 0.4) is 0 Å². The van der Waals surface area contributed by atoms with Gasteiger partial charge < -0.3 is 10.2 Å². The van der Waals surface area contributed by atoms with Crippen molar-refractivity contribution in [2.24, 2.45) is 11.1 Å². The van der Waals surface area contributed by atoms with Gasteiger partial charge in [0.1, 0.15) is 0 Å². The molecule has 2 aromatic rings. The molecule has 5 heteroatoms. The Balaban J connectivity index is 2.04. The summed E-state index contributed by atoms with van der Waals surface area (Å²) in [5.41, 5.74) is 2.58. The molecule has 0 radical (unpaired) electrons. The van der Waals surface area contributed by atoms with Crippen LogP contribution < -0.4 is 5.43 Å². The minimum atomic E-state index is -0.101. The van der Waals surface area contributed by atoms with Crippen LogP contribution in [-0.4, -0.2) is 15.9 Å². The first-order valence-electron chi connectivity index (χ1n) is 8.19. The van der Waals surface area contributed by atoms with E-state index >= 15 is 0 Å². The molecule has 1 aromatic carbocycles. The number of halogens is 1. The van der Waals surface area contributed by atoms with Crippen molar-refractivity contribution < 1.29 is 5.21 Å². The van der Waals surface area contributed by atoms with E-state index < -0.39 is 0 Å². The van der Waals surface area contributed by atoms with Gasteiger partial charge in [0.2, 0.25) is 0 Å². The fourth-order valence-electron chi connectivity index (χ4n) is 3.48. The quantitative estimate of drug-likeness (QED) is 0.491. The average Bonchev–Trinajstić information content (AvgIpc) is 2.55. The number of hydrogen-bond donors (Lipinski definition) is 2. The number of benzene rings is 1. The molecule has 1 atom stereocenters. The van der Waals surface area contributed by atoms with Crippen molar-refractivity contribution in [2.45, 2.75) is 45.4 Å². The zero-order valence-electron chi connectivity index (χ0n) is 13.2. The average molecular weight is 333 g/mol. The molecule has 1 heterocycles. The lowest BCUT2D eigenvalue weighted by Gasteiger charge is -2.25. The van der Waals surface area contributed by atoms with Crippen molar-refractivity contribution >= 4 is 28.2 Å². The first-order valence-corrected chi connectivity index (χ1v) is 8.57. The number of unbranched alkanes of at least 4 members (excludes halogenated alkanes) is 2. The van der Waals surface area contributed by atoms with Gasteiger partial charge in [-0.15, -0.1) is 0 Å². The second-order valence-electron chi connectivity index (χ2n) is 6.31. The van der Waals surface area contributed by atoms with Gasteiger partial charge in [-0.05, 0) is 43.4 Å². The van der Waals surface area contributed by atoms with E-state index in [1.54, 1.807) is 12.1 Å². The number of oxime groups is 1. The molecule has 3 rings (SSSR count). The molecule has 0 fully saturated rings. The number of fused-ring (bicyclic) bond motifs is 2. The molecule has 0 aliphatic heterocycles. The summed E-state index contributed by atoms with van der Waals surface area (Å²) in [5, 5.41) is 13.9. The molecule has 0 saturated carbocycles. The number of H-pyrrole nitrogens is 1. The van der Waals surface area contributed by atoms with E-state index in [4.69, 9.17) is 11.6 Å². The molecule has 1 aromatic heterocycles. The predicted molar refractivity (Wildman–Crippen MR) is 93.9 cm³/mol. The Morgan fingerprint density at radius 3 is 2.91 bits per heavy atom. The van der Waals surface area contributed by atoms with Gasteiger partial charge in [-0.3, -0.25) is 4.79 Å². The fourth-order valence-corrected chi connectivity index (χ4v) is 3.65. The fraction of sp³-hybridized carbons (Fsp3) is 0.444. The predicted octanol–water partition coefficient (Wildman–Crippen LogP) is 4.50. The molecule has 0 spiro atoms. The lowest BCUT2D eigenvalue weighted by molar-refractivity contribution is 0.314. The summed E-state index contributed by atoms with van der Waals surface area (Å²) in [7, 11) is 0. The van der Waals surface area contributed by atoms with Crippen molar-refractivity contribution in [3.05, 3.63) is 44.7 Å². The highest BCUT2D eigenvalue weighted by atomic mass is 35.5. The molecule has 122 valence electrons. The highest BCUT2D eigenvalue weighted by molar-refractivity contribution is 6.31. The Labute approximate surface area is 140 Å². The molecule has 1 unspecified atom stereocenters. The van der Waals surface area contributed by atoms with Crippen molar-refractivity contribution in [1.29, 1.82) is 0 Å². The van der Waals surface area contributed by atoms with E-state index in [0.29, 0.717) is 34.0 Å². The number of pyridine rings is 1. The zero-order chi connectivity index (χ0) is 16.4. The van der Waals surface area contributed by atoms with E-state index in [0.717, 1.165) is 24.1 Å². The third kappa shape index (κ3) is 3.13. The summed E-state index contributed by atoms with van der Waals surface area (Å²) in [6.07, 6.45) is 6.14. The molecular formula is C18H21ClN2O2. The van der Waals surface area contributed by atoms with Crippen LogP contribution in [0.4, 0.5) is 0 Å². The van der Waals surface area contributed by atoms with Gasteiger partial charge in [0.05, 0.1) is 11.3 Å². The Bertz CT molecular complexity index is 811. The first-order chi connectivity index (χ1) is 11.1. The zero-order valence-corrected chi connectivity index (χ0v) is 14.0. The van der Waals surface area contributed by atoms with Crippen molar-refractivity contribution in [3.8, 4) is 0 Å². The van der Waals surface area contributed by atoms with Crippen LogP contribution in [0, 0.1) is 5.92 Å². The van der Waals surface area contributed by atoms with E-state index in [-0.39, 0.29) is 5.43 Å². The monoisotopic (exact) mass is 332 g/mol. The summed E-state index contributed by atoms with van der Waals surface area (Å²) in [5.74, 6) is 0.417. The first kappa shape index (κ1) is 16.1. The Kier molecular flexibility index (Phi) is 4.71. The van der Waals surface area contributed by atoms with Crippen LogP contribution >= 0.6 is 11.6 Å². The van der Waals surface area contributed by atoms with Gasteiger partial charge >= 0.3 is 0 Å². The summed E-state index contributed by atoms with van der Waals surface area (Å²) in [4.78, 5) is 16.1. The third-order valence-electron chi connectivity index (χ3n) is 4.64. The van der Waals surface area contributed by atoms with Gasteiger partial charge in [-0.2, -0.15) is 0 Å².